The Kier molecular flexibility index (Phi) is 6.77. The van der Waals surface area contributed by atoms with E-state index in [1.54, 1.807) is 7.05 Å². The van der Waals surface area contributed by atoms with Crippen LogP contribution in [0.4, 0.5) is 4.79 Å². The van der Waals surface area contributed by atoms with E-state index < -0.39 is 17.2 Å². The molecule has 1 saturated heterocycles. The van der Waals surface area contributed by atoms with E-state index in [0.717, 1.165) is 18.5 Å². The number of hydrogen-bond donors (Lipinski definition) is 3. The predicted octanol–water partition coefficient (Wildman–Crippen LogP) is 1.94. The van der Waals surface area contributed by atoms with Crippen molar-refractivity contribution in [3.05, 3.63) is 0 Å². The van der Waals surface area contributed by atoms with Gasteiger partial charge in [0.25, 0.3) is 0 Å². The first-order valence-corrected chi connectivity index (χ1v) is 9.78. The first-order chi connectivity index (χ1) is 12.1. The molecule has 1 aliphatic heterocycles. The Hall–Kier alpha value is -1.50. The lowest BCUT2D eigenvalue weighted by Crippen LogP contribution is -2.54. The predicted molar refractivity (Wildman–Crippen MR) is 106 cm³/mol. The second-order valence-electron chi connectivity index (χ2n) is 9.20. The normalized spacial score (nSPS) is 22.2. The number of rotatable bonds is 6. The van der Waals surface area contributed by atoms with Gasteiger partial charge in [-0.15, -0.1) is 0 Å². The monoisotopic (exact) mass is 367 g/mol. The van der Waals surface area contributed by atoms with Crippen LogP contribution in [0.1, 0.15) is 53.9 Å². The van der Waals surface area contributed by atoms with Crippen LogP contribution in [0.25, 0.3) is 0 Å². The Labute approximate surface area is 158 Å². The molecule has 1 saturated carbocycles. The Morgan fingerprint density at radius 2 is 1.85 bits per heavy atom. The molecule has 26 heavy (non-hydrogen) atoms. The molecule has 0 aromatic heterocycles. The van der Waals surface area contributed by atoms with E-state index in [1.807, 2.05) is 34.6 Å². The van der Waals surface area contributed by atoms with Gasteiger partial charge in [0, 0.05) is 32.7 Å². The zero-order valence-corrected chi connectivity index (χ0v) is 17.3. The van der Waals surface area contributed by atoms with Crippen LogP contribution in [0.2, 0.25) is 0 Å². The Balaban J connectivity index is 1.69. The van der Waals surface area contributed by atoms with E-state index in [0.29, 0.717) is 12.5 Å². The number of nitrogens with one attached hydrogen (secondary N) is 3. The van der Waals surface area contributed by atoms with E-state index >= 15 is 0 Å². The third-order valence-electron chi connectivity index (χ3n) is 4.70. The molecule has 150 valence electrons. The molecule has 7 nitrogen and oxygen atoms in total. The summed E-state index contributed by atoms with van der Waals surface area (Å²) in [5.74, 6) is 1.45. The van der Waals surface area contributed by atoms with Crippen molar-refractivity contribution in [3.63, 3.8) is 0 Å². The summed E-state index contributed by atoms with van der Waals surface area (Å²) in [6.45, 7) is 13.4. The molecule has 0 aromatic rings. The highest BCUT2D eigenvalue weighted by atomic mass is 16.6. The molecule has 2 rings (SSSR count). The lowest BCUT2D eigenvalue weighted by Gasteiger charge is -2.29. The van der Waals surface area contributed by atoms with Crippen molar-refractivity contribution in [2.45, 2.75) is 71.1 Å². The average molecular weight is 368 g/mol. The summed E-state index contributed by atoms with van der Waals surface area (Å²) >= 11 is 0. The third kappa shape index (κ3) is 7.40. The SMILES string of the molecule is CN=C(NCC1CCN(C2CC2)C1)NCC(C)(C)NC(=O)OC(C)(C)C. The number of aliphatic imine (C=N–C) groups is 1. The maximum absolute atomic E-state index is 12.0. The second kappa shape index (κ2) is 8.46. The third-order valence-corrected chi connectivity index (χ3v) is 4.70. The zero-order chi connectivity index (χ0) is 19.4. The van der Waals surface area contributed by atoms with Gasteiger partial charge in [-0.2, -0.15) is 0 Å². The molecule has 0 aromatic carbocycles. The molecule has 3 N–H and O–H groups in total. The molecule has 1 heterocycles. The first kappa shape index (κ1) is 20.8. The summed E-state index contributed by atoms with van der Waals surface area (Å²) in [5, 5.41) is 9.63. The summed E-state index contributed by atoms with van der Waals surface area (Å²) in [6.07, 6.45) is 3.61. The molecule has 7 heteroatoms. The molecule has 2 fully saturated rings. The van der Waals surface area contributed by atoms with E-state index in [9.17, 15) is 4.79 Å². The van der Waals surface area contributed by atoms with Gasteiger partial charge in [0.1, 0.15) is 5.60 Å². The Morgan fingerprint density at radius 3 is 2.42 bits per heavy atom. The number of amides is 1. The highest BCUT2D eigenvalue weighted by Crippen LogP contribution is 2.31. The van der Waals surface area contributed by atoms with Crippen LogP contribution in [0.5, 0.6) is 0 Å². The van der Waals surface area contributed by atoms with Gasteiger partial charge in [0.15, 0.2) is 5.96 Å². The summed E-state index contributed by atoms with van der Waals surface area (Å²) in [5.41, 5.74) is -0.948. The summed E-state index contributed by atoms with van der Waals surface area (Å²) < 4.78 is 5.33. The van der Waals surface area contributed by atoms with Crippen LogP contribution >= 0.6 is 0 Å². The maximum atomic E-state index is 12.0. The number of nitrogens with zero attached hydrogens (tertiary/aromatic N) is 2. The number of ether oxygens (including phenoxy) is 1. The van der Waals surface area contributed by atoms with Crippen molar-refractivity contribution in [2.24, 2.45) is 10.9 Å². The van der Waals surface area contributed by atoms with Crippen molar-refractivity contribution in [3.8, 4) is 0 Å². The highest BCUT2D eigenvalue weighted by Gasteiger charge is 2.34. The topological polar surface area (TPSA) is 78.0 Å². The molecule has 0 radical (unpaired) electrons. The number of likely N-dealkylation sites (tertiary alicyclic amines) is 1. The lowest BCUT2D eigenvalue weighted by atomic mass is 10.1. The number of hydrogen-bond acceptors (Lipinski definition) is 4. The zero-order valence-electron chi connectivity index (χ0n) is 17.3. The maximum Gasteiger partial charge on any atom is 0.408 e. The minimum atomic E-state index is -0.499. The van der Waals surface area contributed by atoms with Crippen LogP contribution in [0.3, 0.4) is 0 Å². The van der Waals surface area contributed by atoms with Crippen LogP contribution in [-0.2, 0) is 4.74 Å². The summed E-state index contributed by atoms with van der Waals surface area (Å²) in [7, 11) is 1.77. The standard InChI is InChI=1S/C19H37N5O2/c1-18(2,3)26-17(25)23-19(4,5)13-22-16(20-6)21-11-14-9-10-24(12-14)15-7-8-15/h14-15H,7-13H2,1-6H3,(H,23,25)(H2,20,21,22). The quantitative estimate of drug-likeness (QED) is 0.494. The van der Waals surface area contributed by atoms with Crippen LogP contribution in [0, 0.1) is 5.92 Å². The lowest BCUT2D eigenvalue weighted by molar-refractivity contribution is 0.0474. The fourth-order valence-corrected chi connectivity index (χ4v) is 3.19. The van der Waals surface area contributed by atoms with Crippen molar-refractivity contribution in [1.29, 1.82) is 0 Å². The van der Waals surface area contributed by atoms with Gasteiger partial charge in [-0.1, -0.05) is 0 Å². The van der Waals surface area contributed by atoms with E-state index in [-0.39, 0.29) is 0 Å². The van der Waals surface area contributed by atoms with Crippen LogP contribution in [-0.4, -0.2) is 67.4 Å². The van der Waals surface area contributed by atoms with E-state index in [4.69, 9.17) is 4.74 Å². The van der Waals surface area contributed by atoms with Crippen LogP contribution in [0.15, 0.2) is 4.99 Å². The minimum absolute atomic E-state index is 0.404. The molecule has 2 aliphatic rings. The molecular weight excluding hydrogens is 330 g/mol. The molecule has 1 unspecified atom stereocenters. The van der Waals surface area contributed by atoms with Crippen molar-refractivity contribution >= 4 is 12.1 Å². The summed E-state index contributed by atoms with van der Waals surface area (Å²) in [4.78, 5) is 18.9. The number of alkyl carbamates (subject to hydrolysis) is 1. The minimum Gasteiger partial charge on any atom is -0.444 e. The largest absolute Gasteiger partial charge is 0.444 e. The molecule has 1 aliphatic carbocycles. The number of guanidine groups is 1. The fourth-order valence-electron chi connectivity index (χ4n) is 3.19. The Bertz CT molecular complexity index is 509. The van der Waals surface area contributed by atoms with Gasteiger partial charge in [-0.05, 0) is 66.3 Å². The summed E-state index contributed by atoms with van der Waals surface area (Å²) in [6, 6.07) is 0.858. The van der Waals surface area contributed by atoms with Gasteiger partial charge in [-0.3, -0.25) is 4.99 Å². The van der Waals surface area contributed by atoms with E-state index in [1.165, 1.54) is 32.4 Å². The average Bonchev–Trinajstić information content (AvgIpc) is 3.24. The molecule has 0 spiro atoms. The van der Waals surface area contributed by atoms with Gasteiger partial charge >= 0.3 is 6.09 Å². The second-order valence-corrected chi connectivity index (χ2v) is 9.20. The van der Waals surface area contributed by atoms with Gasteiger partial charge < -0.3 is 25.6 Å². The fraction of sp³-hybridized carbons (Fsp3) is 0.895. The molecule has 1 atom stereocenters. The van der Waals surface area contributed by atoms with Crippen molar-refractivity contribution in [2.75, 3.05) is 33.2 Å². The molecule has 1 amide bonds. The van der Waals surface area contributed by atoms with Crippen molar-refractivity contribution < 1.29 is 9.53 Å². The van der Waals surface area contributed by atoms with Crippen LogP contribution < -0.4 is 16.0 Å². The van der Waals surface area contributed by atoms with Gasteiger partial charge in [0.05, 0.1) is 5.54 Å². The van der Waals surface area contributed by atoms with Gasteiger partial charge in [0.2, 0.25) is 0 Å². The van der Waals surface area contributed by atoms with Crippen molar-refractivity contribution in [1.82, 2.24) is 20.9 Å². The number of carbonyl (C=O) groups is 1. The Morgan fingerprint density at radius 1 is 1.15 bits per heavy atom. The van der Waals surface area contributed by atoms with Gasteiger partial charge in [-0.25, -0.2) is 4.79 Å². The van der Waals surface area contributed by atoms with E-state index in [2.05, 4.69) is 25.8 Å². The molecular formula is C19H37N5O2. The first-order valence-electron chi connectivity index (χ1n) is 9.78. The smallest absolute Gasteiger partial charge is 0.408 e. The molecule has 0 bridgehead atoms. The highest BCUT2D eigenvalue weighted by molar-refractivity contribution is 5.79. The number of carbonyl (C=O) groups excluding carboxylic acids is 1.